The van der Waals surface area contributed by atoms with Crippen LogP contribution in [0.5, 0.6) is 0 Å². The number of nitrogens with two attached hydrogens (primary N) is 1. The molecule has 0 spiro atoms. The van der Waals surface area contributed by atoms with Crippen LogP contribution in [0.3, 0.4) is 0 Å². The molecule has 1 heterocycles. The predicted molar refractivity (Wildman–Crippen MR) is 47.0 cm³/mol. The van der Waals surface area contributed by atoms with Crippen LogP contribution in [-0.2, 0) is 10.0 Å². The number of hydrogen-bond acceptors (Lipinski definition) is 5. The minimum atomic E-state index is -3.90. The highest BCUT2D eigenvalue weighted by Crippen LogP contribution is 2.17. The van der Waals surface area contributed by atoms with Crippen LogP contribution in [0, 0.1) is 17.0 Å². The van der Waals surface area contributed by atoms with E-state index in [0.717, 1.165) is 12.3 Å². The maximum atomic E-state index is 10.8. The molecule has 0 bridgehead atoms. The van der Waals surface area contributed by atoms with Gasteiger partial charge in [0.05, 0.1) is 4.92 Å². The monoisotopic (exact) mass is 217 g/mol. The summed E-state index contributed by atoms with van der Waals surface area (Å²) in [5.74, 6) is 0. The molecule has 0 aromatic carbocycles. The Hall–Kier alpha value is -1.54. The summed E-state index contributed by atoms with van der Waals surface area (Å²) in [6, 6.07) is 1.06. The molecule has 0 saturated carbocycles. The minimum absolute atomic E-state index is 0.203. The third kappa shape index (κ3) is 2.03. The Labute approximate surface area is 79.8 Å². The summed E-state index contributed by atoms with van der Waals surface area (Å²) in [4.78, 5) is 13.1. The maximum Gasteiger partial charge on any atom is 0.290 e. The van der Waals surface area contributed by atoms with Crippen molar-refractivity contribution in [3.8, 4) is 0 Å². The van der Waals surface area contributed by atoms with Gasteiger partial charge in [-0.2, -0.15) is 0 Å². The van der Waals surface area contributed by atoms with Crippen LogP contribution in [0.2, 0.25) is 0 Å². The van der Waals surface area contributed by atoms with Crippen LogP contribution in [0.25, 0.3) is 0 Å². The van der Waals surface area contributed by atoms with E-state index in [4.69, 9.17) is 5.14 Å². The van der Waals surface area contributed by atoms with E-state index < -0.39 is 14.9 Å². The van der Waals surface area contributed by atoms with Crippen molar-refractivity contribution in [1.82, 2.24) is 4.98 Å². The Kier molecular flexibility index (Phi) is 2.49. The largest absolute Gasteiger partial charge is 0.290 e. The zero-order valence-corrected chi connectivity index (χ0v) is 7.98. The molecule has 0 radical (unpaired) electrons. The van der Waals surface area contributed by atoms with Gasteiger partial charge in [0.1, 0.15) is 6.20 Å². The topological polar surface area (TPSA) is 116 Å². The van der Waals surface area contributed by atoms with Crippen molar-refractivity contribution >= 4 is 15.7 Å². The molecule has 0 aliphatic heterocycles. The smallest absolute Gasteiger partial charge is 0.258 e. The SMILES string of the molecule is Cc1cc(S(N)(=O)=O)ncc1[N+](=O)[O-]. The number of aromatic nitrogens is 1. The van der Waals surface area contributed by atoms with Gasteiger partial charge in [-0.05, 0) is 13.0 Å². The van der Waals surface area contributed by atoms with Gasteiger partial charge in [0.2, 0.25) is 0 Å². The Morgan fingerprint density at radius 1 is 1.57 bits per heavy atom. The Morgan fingerprint density at radius 3 is 2.50 bits per heavy atom. The van der Waals surface area contributed by atoms with Crippen LogP contribution < -0.4 is 5.14 Å². The van der Waals surface area contributed by atoms with Crippen LogP contribution in [0.15, 0.2) is 17.3 Å². The maximum absolute atomic E-state index is 10.8. The molecule has 0 aliphatic carbocycles. The molecule has 1 aromatic heterocycles. The Bertz CT molecular complexity index is 482. The quantitative estimate of drug-likeness (QED) is 0.550. The van der Waals surface area contributed by atoms with Crippen LogP contribution in [0.1, 0.15) is 5.56 Å². The molecular formula is C6H7N3O4S. The predicted octanol–water partition coefficient (Wildman–Crippen LogP) is -0.0544. The summed E-state index contributed by atoms with van der Waals surface area (Å²) in [7, 11) is -3.90. The number of nitrogens with zero attached hydrogens (tertiary/aromatic N) is 2. The van der Waals surface area contributed by atoms with Crippen LogP contribution in [0.4, 0.5) is 5.69 Å². The van der Waals surface area contributed by atoms with Crippen molar-refractivity contribution in [3.63, 3.8) is 0 Å². The second-order valence-electron chi connectivity index (χ2n) is 2.61. The lowest BCUT2D eigenvalue weighted by atomic mass is 10.3. The van der Waals surface area contributed by atoms with Gasteiger partial charge in [0.15, 0.2) is 5.03 Å². The fourth-order valence-electron chi connectivity index (χ4n) is 0.870. The van der Waals surface area contributed by atoms with Gasteiger partial charge in [0.25, 0.3) is 15.7 Å². The zero-order valence-electron chi connectivity index (χ0n) is 7.17. The molecule has 1 aromatic rings. The first kappa shape index (κ1) is 10.5. The molecular weight excluding hydrogens is 210 g/mol. The second-order valence-corrected chi connectivity index (χ2v) is 4.12. The molecule has 0 saturated heterocycles. The summed E-state index contributed by atoms with van der Waals surface area (Å²) < 4.78 is 21.6. The molecule has 0 unspecified atom stereocenters. The highest BCUT2D eigenvalue weighted by molar-refractivity contribution is 7.89. The van der Waals surface area contributed by atoms with Gasteiger partial charge in [-0.25, -0.2) is 18.5 Å². The number of primary sulfonamides is 1. The molecule has 1 rings (SSSR count). The number of pyridine rings is 1. The number of sulfonamides is 1. The molecule has 14 heavy (non-hydrogen) atoms. The van der Waals surface area contributed by atoms with Gasteiger partial charge in [-0.1, -0.05) is 0 Å². The van der Waals surface area contributed by atoms with E-state index >= 15 is 0 Å². The number of aryl methyl sites for hydroxylation is 1. The number of hydrogen-bond donors (Lipinski definition) is 1. The molecule has 76 valence electrons. The average molecular weight is 217 g/mol. The molecule has 0 amide bonds. The van der Waals surface area contributed by atoms with Crippen molar-refractivity contribution in [2.75, 3.05) is 0 Å². The lowest BCUT2D eigenvalue weighted by Crippen LogP contribution is -2.14. The van der Waals surface area contributed by atoms with Crippen LogP contribution >= 0.6 is 0 Å². The van der Waals surface area contributed by atoms with E-state index in [-0.39, 0.29) is 16.3 Å². The average Bonchev–Trinajstić information content (AvgIpc) is 2.01. The van der Waals surface area contributed by atoms with Gasteiger partial charge in [0, 0.05) is 5.56 Å². The summed E-state index contributed by atoms with van der Waals surface area (Å²) >= 11 is 0. The van der Waals surface area contributed by atoms with Gasteiger partial charge in [-0.3, -0.25) is 10.1 Å². The Morgan fingerprint density at radius 2 is 2.14 bits per heavy atom. The van der Waals surface area contributed by atoms with E-state index in [2.05, 4.69) is 4.98 Å². The van der Waals surface area contributed by atoms with Crippen molar-refractivity contribution in [2.24, 2.45) is 5.14 Å². The van der Waals surface area contributed by atoms with Crippen molar-refractivity contribution in [2.45, 2.75) is 11.9 Å². The van der Waals surface area contributed by atoms with Crippen molar-refractivity contribution < 1.29 is 13.3 Å². The first-order valence-corrected chi connectivity index (χ1v) is 5.01. The highest BCUT2D eigenvalue weighted by Gasteiger charge is 2.16. The summed E-state index contributed by atoms with van der Waals surface area (Å²) in [5, 5.41) is 14.8. The fourth-order valence-corrected chi connectivity index (χ4v) is 1.41. The molecule has 0 fully saturated rings. The lowest BCUT2D eigenvalue weighted by molar-refractivity contribution is -0.385. The standard InChI is InChI=1S/C6H7N3O4S/c1-4-2-6(14(7,12)13)8-3-5(4)9(10)11/h2-3H,1H3,(H2,7,12,13). The third-order valence-corrected chi connectivity index (χ3v) is 2.35. The highest BCUT2D eigenvalue weighted by atomic mass is 32.2. The molecule has 2 N–H and O–H groups in total. The first-order valence-electron chi connectivity index (χ1n) is 3.46. The summed E-state index contributed by atoms with van der Waals surface area (Å²) in [5.41, 5.74) is -0.0357. The second kappa shape index (κ2) is 3.31. The zero-order chi connectivity index (χ0) is 10.9. The van der Waals surface area contributed by atoms with Gasteiger partial charge >= 0.3 is 0 Å². The minimum Gasteiger partial charge on any atom is -0.258 e. The van der Waals surface area contributed by atoms with E-state index in [0.29, 0.717) is 0 Å². The van der Waals surface area contributed by atoms with Gasteiger partial charge in [-0.15, -0.1) is 0 Å². The Balaban J connectivity index is 3.34. The number of rotatable bonds is 2. The normalized spacial score (nSPS) is 11.3. The molecule has 0 aliphatic rings. The molecule has 8 heteroatoms. The third-order valence-electron chi connectivity index (χ3n) is 1.55. The van der Waals surface area contributed by atoms with Gasteiger partial charge < -0.3 is 0 Å². The van der Waals surface area contributed by atoms with Crippen molar-refractivity contribution in [1.29, 1.82) is 0 Å². The van der Waals surface area contributed by atoms with E-state index in [1.165, 1.54) is 6.92 Å². The van der Waals surface area contributed by atoms with Crippen molar-refractivity contribution in [3.05, 3.63) is 27.9 Å². The van der Waals surface area contributed by atoms with E-state index in [1.54, 1.807) is 0 Å². The fraction of sp³-hybridized carbons (Fsp3) is 0.167. The van der Waals surface area contributed by atoms with E-state index in [9.17, 15) is 18.5 Å². The summed E-state index contributed by atoms with van der Waals surface area (Å²) in [6.07, 6.45) is 0.870. The molecule has 7 nitrogen and oxygen atoms in total. The van der Waals surface area contributed by atoms with E-state index in [1.807, 2.05) is 0 Å². The summed E-state index contributed by atoms with van der Waals surface area (Å²) in [6.45, 7) is 1.41. The number of nitro groups is 1. The first-order chi connectivity index (χ1) is 6.32. The molecule has 0 atom stereocenters. The van der Waals surface area contributed by atoms with Crippen LogP contribution in [-0.4, -0.2) is 18.3 Å². The lowest BCUT2D eigenvalue weighted by Gasteiger charge is -1.99.